The molecule has 0 spiro atoms. The molecule has 12 heteroatoms. The summed E-state index contributed by atoms with van der Waals surface area (Å²) in [5.74, 6) is -1.37. The molecule has 3 aromatic carbocycles. The number of aliphatic hydroxyl groups is 1. The first-order chi connectivity index (χ1) is 30.1. The van der Waals surface area contributed by atoms with Crippen LogP contribution in [0.5, 0.6) is 11.6 Å². The van der Waals surface area contributed by atoms with E-state index >= 15 is 9.59 Å². The monoisotopic (exact) mass is 888 g/mol. The fourth-order valence-corrected chi connectivity index (χ4v) is 11.6. The molecule has 4 aliphatic rings. The Hall–Kier alpha value is -4.75. The molecule has 4 aliphatic carbocycles. The Balaban J connectivity index is 1.32. The van der Waals surface area contributed by atoms with Gasteiger partial charge >= 0.3 is 0 Å². The summed E-state index contributed by atoms with van der Waals surface area (Å²) < 4.78 is 26.6. The van der Waals surface area contributed by atoms with Crippen molar-refractivity contribution in [3.05, 3.63) is 111 Å². The third-order valence-corrected chi connectivity index (χ3v) is 18.6. The summed E-state index contributed by atoms with van der Waals surface area (Å²) in [7, 11) is 5.07. The van der Waals surface area contributed by atoms with E-state index in [4.69, 9.17) is 18.4 Å². The quantitative estimate of drug-likeness (QED) is 0.0963. The number of carbonyl (C=O) groups is 2. The van der Waals surface area contributed by atoms with E-state index in [-0.39, 0.29) is 46.4 Å². The van der Waals surface area contributed by atoms with Crippen LogP contribution in [0.15, 0.2) is 76.8 Å². The Morgan fingerprint density at radius 1 is 0.859 bits per heavy atom. The Kier molecular flexibility index (Phi) is 12.1. The van der Waals surface area contributed by atoms with Gasteiger partial charge in [0.15, 0.2) is 19.7 Å². The molecule has 0 radical (unpaired) electrons. The molecule has 342 valence electrons. The zero-order valence-electron chi connectivity index (χ0n) is 40.0. The van der Waals surface area contributed by atoms with Crippen molar-refractivity contribution < 1.29 is 33.1 Å². The molecular formula is C52H68N4O7Si. The number of aromatic nitrogens is 1. The number of anilines is 1. The summed E-state index contributed by atoms with van der Waals surface area (Å²) in [4.78, 5) is 38.7. The van der Waals surface area contributed by atoms with Crippen LogP contribution < -0.4 is 14.4 Å². The molecule has 0 amide bonds. The molecule has 2 fully saturated rings. The molecule has 11 nitrogen and oxygen atoms in total. The minimum absolute atomic E-state index is 0.0286. The molecule has 64 heavy (non-hydrogen) atoms. The number of fused-ring (bicyclic) bond motifs is 4. The van der Waals surface area contributed by atoms with Crippen LogP contribution in [0, 0.1) is 17.3 Å². The minimum Gasteiger partial charge on any atom is -0.507 e. The summed E-state index contributed by atoms with van der Waals surface area (Å²) in [6.07, 6.45) is 3.18. The zero-order chi connectivity index (χ0) is 46.1. The molecule has 0 bridgehead atoms. The number of ketones is 2. The van der Waals surface area contributed by atoms with E-state index < -0.39 is 43.4 Å². The van der Waals surface area contributed by atoms with Gasteiger partial charge in [0, 0.05) is 50.4 Å². The van der Waals surface area contributed by atoms with Gasteiger partial charge in [-0.2, -0.15) is 0 Å². The molecular weight excluding hydrogens is 821 g/mol. The van der Waals surface area contributed by atoms with Gasteiger partial charge in [-0.05, 0) is 103 Å². The van der Waals surface area contributed by atoms with E-state index in [2.05, 4.69) is 89.8 Å². The fourth-order valence-electron chi connectivity index (χ4n) is 10.2. The topological polar surface area (TPSA) is 118 Å². The molecule has 1 N–H and O–H groups in total. The summed E-state index contributed by atoms with van der Waals surface area (Å²) >= 11 is 0. The van der Waals surface area contributed by atoms with E-state index in [9.17, 15) is 5.11 Å². The highest BCUT2D eigenvalue weighted by Gasteiger charge is 2.69. The summed E-state index contributed by atoms with van der Waals surface area (Å²) in [6, 6.07) is 21.7. The van der Waals surface area contributed by atoms with E-state index in [1.807, 2.05) is 79.7 Å². The van der Waals surface area contributed by atoms with Gasteiger partial charge in [-0.3, -0.25) is 19.4 Å². The number of Topliss-reactive ketones (excluding diaryl/α,β-unsaturated/α-hetero) is 2. The second-order valence-electron chi connectivity index (χ2n) is 21.8. The van der Waals surface area contributed by atoms with Crippen molar-refractivity contribution in [3.63, 3.8) is 0 Å². The average Bonchev–Trinajstić information content (AvgIpc) is 3.99. The molecule has 0 saturated heterocycles. The zero-order valence-corrected chi connectivity index (χ0v) is 41.0. The van der Waals surface area contributed by atoms with E-state index in [0.717, 1.165) is 41.0 Å². The Labute approximate surface area is 380 Å². The second-order valence-corrected chi connectivity index (χ2v) is 26.5. The minimum atomic E-state index is -2.92. The normalized spacial score (nSPS) is 22.3. The van der Waals surface area contributed by atoms with Gasteiger partial charge in [0.2, 0.25) is 11.6 Å². The first-order valence-electron chi connectivity index (χ1n) is 23.0. The van der Waals surface area contributed by atoms with Gasteiger partial charge in [0.1, 0.15) is 30.3 Å². The molecule has 4 atom stereocenters. The van der Waals surface area contributed by atoms with Crippen molar-refractivity contribution >= 4 is 31.3 Å². The highest BCUT2D eigenvalue weighted by molar-refractivity contribution is 6.74. The van der Waals surface area contributed by atoms with Crippen LogP contribution in [0.4, 0.5) is 5.69 Å². The molecule has 1 heterocycles. The predicted molar refractivity (Wildman–Crippen MR) is 253 cm³/mol. The maximum atomic E-state index is 16.2. The largest absolute Gasteiger partial charge is 0.507 e. The third-order valence-electron chi connectivity index (χ3n) is 14.1. The Bertz CT molecular complexity index is 2430. The van der Waals surface area contributed by atoms with E-state index in [1.54, 1.807) is 0 Å². The molecule has 2 saturated carbocycles. The van der Waals surface area contributed by atoms with Crippen molar-refractivity contribution in [1.29, 1.82) is 0 Å². The number of rotatable bonds is 14. The number of ether oxygens (including phenoxy) is 2. The molecule has 0 aliphatic heterocycles. The number of benzene rings is 3. The van der Waals surface area contributed by atoms with Crippen molar-refractivity contribution in [3.8, 4) is 11.6 Å². The predicted octanol–water partition coefficient (Wildman–Crippen LogP) is 10.2. The molecule has 8 rings (SSSR count). The van der Waals surface area contributed by atoms with Gasteiger partial charge in [0.25, 0.3) is 5.88 Å². The smallest absolute Gasteiger partial charge is 0.265 e. The van der Waals surface area contributed by atoms with Crippen LogP contribution in [-0.4, -0.2) is 86.3 Å². The summed E-state index contributed by atoms with van der Waals surface area (Å²) in [5.41, 5.74) is 3.90. The van der Waals surface area contributed by atoms with Crippen molar-refractivity contribution in [2.24, 2.45) is 17.3 Å². The first kappa shape index (κ1) is 45.8. The van der Waals surface area contributed by atoms with Crippen LogP contribution in [-0.2, 0) is 35.4 Å². The summed E-state index contributed by atoms with van der Waals surface area (Å²) in [5, 5.41) is 17.0. The maximum Gasteiger partial charge on any atom is 0.265 e. The Morgan fingerprint density at radius 3 is 2.02 bits per heavy atom. The van der Waals surface area contributed by atoms with Crippen molar-refractivity contribution in [1.82, 2.24) is 15.0 Å². The molecule has 1 aromatic heterocycles. The lowest BCUT2D eigenvalue weighted by Gasteiger charge is -2.55. The Morgan fingerprint density at radius 2 is 1.47 bits per heavy atom. The average molecular weight is 889 g/mol. The van der Waals surface area contributed by atoms with Gasteiger partial charge < -0.3 is 28.4 Å². The van der Waals surface area contributed by atoms with E-state index in [0.29, 0.717) is 36.0 Å². The third kappa shape index (κ3) is 8.35. The molecule has 1 unspecified atom stereocenters. The second kappa shape index (κ2) is 16.9. The van der Waals surface area contributed by atoms with Gasteiger partial charge in [-0.25, -0.2) is 0 Å². The highest BCUT2D eigenvalue weighted by atomic mass is 28.4. The van der Waals surface area contributed by atoms with Crippen LogP contribution >= 0.6 is 0 Å². The number of hydrogen-bond acceptors (Lipinski definition) is 11. The maximum absolute atomic E-state index is 16.2. The first-order valence-corrected chi connectivity index (χ1v) is 25.9. The number of hydrogen-bond donors (Lipinski definition) is 1. The number of nitrogens with zero attached hydrogens (tertiary/aromatic N) is 4. The van der Waals surface area contributed by atoms with Crippen molar-refractivity contribution in [2.45, 2.75) is 123 Å². The van der Waals surface area contributed by atoms with Crippen molar-refractivity contribution in [2.75, 3.05) is 39.6 Å². The van der Waals surface area contributed by atoms with Crippen LogP contribution in [0.3, 0.4) is 0 Å². The summed E-state index contributed by atoms with van der Waals surface area (Å²) in [6.45, 7) is 19.4. The SMILES string of the molecule is CN(C)c1c(CN(CC(C)(C)C)C2CC2)cc(OCc2ccccc2)c2c1C[C@H]1C[C@H]3[C@H](N(C)C)c4onc(OCc5ccccc5)c4C(=O)C3(O[Si](C)(C)C(C)(C)C)C(=O)C1=C2O. The number of carbonyl (C=O) groups excluding carboxylic acids is 2. The van der Waals surface area contributed by atoms with Crippen LogP contribution in [0.1, 0.15) is 111 Å². The van der Waals surface area contributed by atoms with E-state index in [1.165, 1.54) is 12.8 Å². The highest BCUT2D eigenvalue weighted by Crippen LogP contribution is 2.60. The van der Waals surface area contributed by atoms with Gasteiger partial charge in [-0.15, -0.1) is 0 Å². The van der Waals surface area contributed by atoms with Gasteiger partial charge in [0.05, 0.1) is 11.6 Å². The fraction of sp³-hybridized carbons (Fsp3) is 0.519. The van der Waals surface area contributed by atoms with Crippen LogP contribution in [0.25, 0.3) is 5.76 Å². The lowest BCUT2D eigenvalue weighted by molar-refractivity contribution is -0.140. The lowest BCUT2D eigenvalue weighted by atomic mass is 9.57. The van der Waals surface area contributed by atoms with Gasteiger partial charge in [-0.1, -0.05) is 102 Å². The lowest BCUT2D eigenvalue weighted by Crippen LogP contribution is -2.68. The van der Waals surface area contributed by atoms with Crippen LogP contribution in [0.2, 0.25) is 18.1 Å². The molecule has 4 aromatic rings. The number of aliphatic hydroxyl groups excluding tert-OH is 1. The standard InChI is InChI=1S/C52H68N4O7Si/c1-50(2,3)31-56(36-23-24-36)28-35-27-39(60-29-32-19-15-13-16-20-32)41-37(43(35)54(7)8)25-34-26-38-44(55(9)10)46-42(49(53-62-46)61-30-33-21-17-14-18-22-33)48(59)52(38,47(58)40(34)45(41)57)63-64(11,12)51(4,5)6/h13-22,27,34,36,38,44,57H,23-26,28-31H2,1-12H3/t34-,38-,44-,52?/m0/s1.